The topological polar surface area (TPSA) is 66.4 Å². The Labute approximate surface area is 123 Å². The zero-order chi connectivity index (χ0) is 14.2. The summed E-state index contributed by atoms with van der Waals surface area (Å²) in [6.07, 6.45) is 6.22. The molecule has 0 atom stereocenters. The van der Waals surface area contributed by atoms with Gasteiger partial charge in [-0.1, -0.05) is 17.8 Å². The van der Waals surface area contributed by atoms with Crippen LogP contribution in [-0.2, 0) is 10.0 Å². The number of hydrogen-bond acceptors (Lipinski definition) is 6. The van der Waals surface area contributed by atoms with Crippen molar-refractivity contribution in [1.82, 2.24) is 14.5 Å². The average molecular weight is 316 g/mol. The molecule has 0 amide bonds. The molecule has 3 heterocycles. The number of hydrogen-bond donors (Lipinski definition) is 0. The van der Waals surface area contributed by atoms with Gasteiger partial charge < -0.3 is 4.90 Å². The second-order valence-electron chi connectivity index (χ2n) is 5.72. The van der Waals surface area contributed by atoms with Crippen molar-refractivity contribution in [2.75, 3.05) is 30.8 Å². The molecule has 0 unspecified atom stereocenters. The van der Waals surface area contributed by atoms with Gasteiger partial charge in [-0.3, -0.25) is 0 Å². The van der Waals surface area contributed by atoms with Gasteiger partial charge in [-0.25, -0.2) is 8.42 Å². The average Bonchev–Trinajstić information content (AvgIpc) is 2.93. The minimum atomic E-state index is -3.12. The Morgan fingerprint density at radius 2 is 1.95 bits per heavy atom. The Hall–Kier alpha value is -0.730. The summed E-state index contributed by atoms with van der Waals surface area (Å²) in [6, 6.07) is 0. The van der Waals surface area contributed by atoms with Gasteiger partial charge in [0.05, 0.1) is 6.26 Å². The molecule has 0 saturated carbocycles. The zero-order valence-electron chi connectivity index (χ0n) is 11.7. The van der Waals surface area contributed by atoms with E-state index in [1.807, 2.05) is 0 Å². The Bertz CT molecular complexity index is 550. The van der Waals surface area contributed by atoms with Gasteiger partial charge in [0.25, 0.3) is 0 Å². The number of sulfonamides is 1. The molecule has 0 bridgehead atoms. The smallest absolute Gasteiger partial charge is 0.211 e. The molecule has 0 aromatic carbocycles. The molecule has 2 fully saturated rings. The third-order valence-electron chi connectivity index (χ3n) is 4.50. The Morgan fingerprint density at radius 3 is 2.55 bits per heavy atom. The van der Waals surface area contributed by atoms with Crippen LogP contribution in [0.25, 0.3) is 0 Å². The van der Waals surface area contributed by atoms with Crippen LogP contribution in [0.2, 0.25) is 0 Å². The number of anilines is 1. The summed E-state index contributed by atoms with van der Waals surface area (Å²) >= 11 is 1.54. The second kappa shape index (κ2) is 5.23. The molecule has 1 aromatic rings. The third-order valence-corrected chi connectivity index (χ3v) is 6.62. The molecule has 0 N–H and O–H groups in total. The summed E-state index contributed by atoms with van der Waals surface area (Å²) in [4.78, 5) is 2.22. The summed E-state index contributed by atoms with van der Waals surface area (Å²) in [5.74, 6) is 0. The van der Waals surface area contributed by atoms with Crippen molar-refractivity contribution in [3.05, 3.63) is 5.51 Å². The van der Waals surface area contributed by atoms with Crippen molar-refractivity contribution in [3.8, 4) is 0 Å². The predicted molar refractivity (Wildman–Crippen MR) is 79.5 cm³/mol. The fourth-order valence-corrected chi connectivity index (χ4v) is 5.56. The Kier molecular flexibility index (Phi) is 3.72. The molecular formula is C12H20N4O2S2. The first-order valence-electron chi connectivity index (χ1n) is 7.00. The molecule has 6 nitrogen and oxygen atoms in total. The summed E-state index contributed by atoms with van der Waals surface area (Å²) < 4.78 is 25.9. The first kappa shape index (κ1) is 14.2. The molecule has 20 heavy (non-hydrogen) atoms. The third kappa shape index (κ3) is 2.56. The van der Waals surface area contributed by atoms with E-state index in [9.17, 15) is 8.42 Å². The summed E-state index contributed by atoms with van der Waals surface area (Å²) in [5, 5.41) is 8.93. The maximum absolute atomic E-state index is 12.1. The molecule has 0 aliphatic carbocycles. The van der Waals surface area contributed by atoms with Crippen LogP contribution in [0, 0.1) is 0 Å². The van der Waals surface area contributed by atoms with Crippen molar-refractivity contribution in [2.45, 2.75) is 37.6 Å². The maximum Gasteiger partial charge on any atom is 0.211 e. The summed E-state index contributed by atoms with van der Waals surface area (Å²) in [5.41, 5.74) is 1.58. The summed E-state index contributed by atoms with van der Waals surface area (Å²) in [6.45, 7) is 2.40. The monoisotopic (exact) mass is 316 g/mol. The molecule has 1 spiro atoms. The zero-order valence-corrected chi connectivity index (χ0v) is 13.3. The number of piperidine rings is 2. The molecule has 3 rings (SSSR count). The quantitative estimate of drug-likeness (QED) is 0.823. The lowest BCUT2D eigenvalue weighted by atomic mass is 9.80. The van der Waals surface area contributed by atoms with Crippen molar-refractivity contribution in [2.24, 2.45) is 0 Å². The lowest BCUT2D eigenvalue weighted by Gasteiger charge is -2.50. The van der Waals surface area contributed by atoms with Crippen molar-refractivity contribution in [1.29, 1.82) is 0 Å². The molecule has 8 heteroatoms. The van der Waals surface area contributed by atoms with Gasteiger partial charge in [-0.05, 0) is 25.7 Å². The number of nitrogens with zero attached hydrogens (tertiary/aromatic N) is 4. The minimum Gasteiger partial charge on any atom is -0.347 e. The molecule has 2 aliphatic rings. The maximum atomic E-state index is 12.1. The van der Waals surface area contributed by atoms with Gasteiger partial charge in [-0.15, -0.1) is 10.2 Å². The van der Waals surface area contributed by atoms with E-state index in [-0.39, 0.29) is 5.54 Å². The van der Waals surface area contributed by atoms with Crippen molar-refractivity contribution in [3.63, 3.8) is 0 Å². The largest absolute Gasteiger partial charge is 0.347 e. The van der Waals surface area contributed by atoms with Crippen LogP contribution >= 0.6 is 11.3 Å². The molecule has 2 aliphatic heterocycles. The summed E-state index contributed by atoms with van der Waals surface area (Å²) in [7, 11) is -3.12. The highest BCUT2D eigenvalue weighted by molar-refractivity contribution is 7.88. The molecule has 0 radical (unpaired) electrons. The van der Waals surface area contributed by atoms with Gasteiger partial charge in [0.1, 0.15) is 5.51 Å². The SMILES string of the molecule is CS(=O)(=O)N1CCCCC12CCN(c1nncs1)CC2. The highest BCUT2D eigenvalue weighted by Gasteiger charge is 2.45. The van der Waals surface area contributed by atoms with Crippen molar-refractivity contribution >= 4 is 26.5 Å². The number of aromatic nitrogens is 2. The van der Waals surface area contributed by atoms with Crippen LogP contribution in [0.1, 0.15) is 32.1 Å². The van der Waals surface area contributed by atoms with E-state index >= 15 is 0 Å². The fraction of sp³-hybridized carbons (Fsp3) is 0.833. The van der Waals surface area contributed by atoms with Crippen LogP contribution in [0.4, 0.5) is 5.13 Å². The second-order valence-corrected chi connectivity index (χ2v) is 8.44. The van der Waals surface area contributed by atoms with E-state index in [1.54, 1.807) is 21.2 Å². The minimum absolute atomic E-state index is 0.160. The highest BCUT2D eigenvalue weighted by Crippen LogP contribution is 2.39. The van der Waals surface area contributed by atoms with Gasteiger partial charge in [-0.2, -0.15) is 4.31 Å². The van der Waals surface area contributed by atoms with E-state index in [0.29, 0.717) is 6.54 Å². The van der Waals surface area contributed by atoms with Crippen LogP contribution in [0.5, 0.6) is 0 Å². The Balaban J connectivity index is 1.77. The lowest BCUT2D eigenvalue weighted by Crippen LogP contribution is -2.59. The van der Waals surface area contributed by atoms with E-state index in [1.165, 1.54) is 6.26 Å². The normalized spacial score (nSPS) is 24.1. The number of rotatable bonds is 2. The lowest BCUT2D eigenvalue weighted by molar-refractivity contribution is 0.102. The van der Waals surface area contributed by atoms with Gasteiger partial charge in [0.15, 0.2) is 0 Å². The van der Waals surface area contributed by atoms with E-state index in [4.69, 9.17) is 0 Å². The fourth-order valence-electron chi connectivity index (χ4n) is 3.51. The first-order chi connectivity index (χ1) is 9.51. The van der Waals surface area contributed by atoms with Gasteiger partial charge >= 0.3 is 0 Å². The molecular weight excluding hydrogens is 296 g/mol. The van der Waals surface area contributed by atoms with Crippen LogP contribution in [-0.4, -0.2) is 54.3 Å². The molecule has 112 valence electrons. The first-order valence-corrected chi connectivity index (χ1v) is 9.73. The molecule has 2 saturated heterocycles. The van der Waals surface area contributed by atoms with Crippen LogP contribution in [0.3, 0.4) is 0 Å². The van der Waals surface area contributed by atoms with Crippen LogP contribution in [0.15, 0.2) is 5.51 Å². The van der Waals surface area contributed by atoms with Crippen molar-refractivity contribution < 1.29 is 8.42 Å². The van der Waals surface area contributed by atoms with E-state index < -0.39 is 10.0 Å². The van der Waals surface area contributed by atoms with Gasteiger partial charge in [0.2, 0.25) is 15.2 Å². The Morgan fingerprint density at radius 1 is 1.20 bits per heavy atom. The van der Waals surface area contributed by atoms with E-state index in [2.05, 4.69) is 15.1 Å². The molecule has 1 aromatic heterocycles. The highest BCUT2D eigenvalue weighted by atomic mass is 32.2. The predicted octanol–water partition coefficient (Wildman–Crippen LogP) is 1.32. The van der Waals surface area contributed by atoms with E-state index in [0.717, 1.165) is 50.3 Å². The standard InChI is InChI=1S/C12H20N4O2S2/c1-20(17,18)16-7-3-2-4-12(16)5-8-15(9-6-12)11-14-13-10-19-11/h10H,2-9H2,1H3. The van der Waals surface area contributed by atoms with Crippen LogP contribution < -0.4 is 4.90 Å². The van der Waals surface area contributed by atoms with Gasteiger partial charge in [0, 0.05) is 25.2 Å².